The third kappa shape index (κ3) is 2.55. The smallest absolute Gasteiger partial charge is 0.213 e. The molecule has 1 N–H and O–H groups in total. The Balaban J connectivity index is 1.94. The minimum Gasteiger partial charge on any atom is -0.392 e. The van der Waals surface area contributed by atoms with Gasteiger partial charge in [-0.1, -0.05) is 11.8 Å². The minimum atomic E-state index is -0.109. The van der Waals surface area contributed by atoms with Gasteiger partial charge in [-0.05, 0) is 26.3 Å². The molecule has 2 rings (SSSR count). The van der Waals surface area contributed by atoms with Crippen LogP contribution in [0.15, 0.2) is 0 Å². The predicted octanol–water partition coefficient (Wildman–Crippen LogP) is 0.618. The van der Waals surface area contributed by atoms with Crippen LogP contribution in [0.3, 0.4) is 0 Å². The third-order valence-corrected chi connectivity index (χ3v) is 4.86. The summed E-state index contributed by atoms with van der Waals surface area (Å²) in [6.45, 7) is 4.28. The Kier molecular flexibility index (Phi) is 3.69. The molecular formula is C11H21N2OS+. The number of nitrogens with zero attached hydrogens (tertiary/aromatic N) is 2. The number of likely N-dealkylation sites (N-methyl/N-ethyl adjacent to an activating group) is 1. The van der Waals surface area contributed by atoms with Crippen LogP contribution < -0.4 is 0 Å². The summed E-state index contributed by atoms with van der Waals surface area (Å²) in [4.78, 5) is 2.43. The van der Waals surface area contributed by atoms with Crippen molar-refractivity contribution in [2.75, 3.05) is 25.9 Å². The normalized spacial score (nSPS) is 35.3. The molecule has 4 heteroatoms. The summed E-state index contributed by atoms with van der Waals surface area (Å²) in [6, 6.07) is 0.536. The van der Waals surface area contributed by atoms with Crippen molar-refractivity contribution in [3.8, 4) is 0 Å². The van der Waals surface area contributed by atoms with Crippen molar-refractivity contribution in [2.24, 2.45) is 0 Å². The van der Waals surface area contributed by atoms with Crippen molar-refractivity contribution in [2.45, 2.75) is 37.3 Å². The zero-order valence-electron chi connectivity index (χ0n) is 9.59. The van der Waals surface area contributed by atoms with Gasteiger partial charge in [0.05, 0.1) is 17.9 Å². The highest BCUT2D eigenvalue weighted by Crippen LogP contribution is 2.24. The third-order valence-electron chi connectivity index (χ3n) is 3.45. The first-order valence-corrected chi connectivity index (χ1v) is 6.82. The number of β-amino-alcohol motifs (C(OH)–C–C–N with tert-alkyl or cyclic N) is 1. The molecule has 0 aromatic carbocycles. The van der Waals surface area contributed by atoms with Crippen LogP contribution in [-0.4, -0.2) is 64.2 Å². The van der Waals surface area contributed by atoms with Gasteiger partial charge in [-0.3, -0.25) is 4.90 Å². The number of aliphatic hydroxyl groups excluding tert-OH is 1. The van der Waals surface area contributed by atoms with Gasteiger partial charge in [0.25, 0.3) is 0 Å². The molecule has 1 fully saturated rings. The van der Waals surface area contributed by atoms with Crippen molar-refractivity contribution in [3.05, 3.63) is 0 Å². The Bertz CT molecular complexity index is 257. The fourth-order valence-electron chi connectivity index (χ4n) is 2.49. The van der Waals surface area contributed by atoms with Crippen LogP contribution in [0.4, 0.5) is 0 Å². The average molecular weight is 229 g/mol. The van der Waals surface area contributed by atoms with Crippen molar-refractivity contribution in [1.29, 1.82) is 0 Å². The van der Waals surface area contributed by atoms with Crippen LogP contribution in [-0.2, 0) is 0 Å². The predicted molar refractivity (Wildman–Crippen MR) is 64.8 cm³/mol. The Morgan fingerprint density at radius 3 is 3.00 bits per heavy atom. The van der Waals surface area contributed by atoms with E-state index in [0.29, 0.717) is 11.4 Å². The molecule has 2 aliphatic heterocycles. The average Bonchev–Trinajstić information content (AvgIpc) is 2.63. The molecule has 0 spiro atoms. The minimum absolute atomic E-state index is 0.109. The van der Waals surface area contributed by atoms with E-state index in [2.05, 4.69) is 29.7 Å². The summed E-state index contributed by atoms with van der Waals surface area (Å²) in [6.07, 6.45) is 4.26. The molecule has 0 aromatic heterocycles. The molecule has 15 heavy (non-hydrogen) atoms. The molecule has 1 saturated heterocycles. The molecule has 3 nitrogen and oxygen atoms in total. The summed E-state index contributed by atoms with van der Waals surface area (Å²) < 4.78 is 2.32. The van der Waals surface area contributed by atoms with E-state index < -0.39 is 0 Å². The monoisotopic (exact) mass is 229 g/mol. The van der Waals surface area contributed by atoms with Gasteiger partial charge in [-0.15, -0.1) is 0 Å². The van der Waals surface area contributed by atoms with E-state index in [1.807, 2.05) is 11.8 Å². The lowest BCUT2D eigenvalue weighted by Crippen LogP contribution is -2.49. The van der Waals surface area contributed by atoms with Crippen LogP contribution in [0.25, 0.3) is 0 Å². The molecule has 2 aliphatic rings. The maximum atomic E-state index is 9.67. The molecule has 0 unspecified atom stereocenters. The van der Waals surface area contributed by atoms with Gasteiger partial charge in [0.2, 0.25) is 5.37 Å². The SMILES string of the molecule is C[C@@H]([C@H]1SCC=[N+]1C)N1CCC[C@H](O)C1. The number of likely N-dealkylation sites (tertiary alicyclic amines) is 1. The van der Waals surface area contributed by atoms with E-state index in [-0.39, 0.29) is 6.10 Å². The first kappa shape index (κ1) is 11.4. The van der Waals surface area contributed by atoms with Crippen molar-refractivity contribution >= 4 is 18.0 Å². The Morgan fingerprint density at radius 2 is 2.40 bits per heavy atom. The maximum Gasteiger partial charge on any atom is 0.213 e. The molecule has 2 heterocycles. The molecule has 0 aromatic rings. The molecule has 0 aliphatic carbocycles. The number of hydrogen-bond donors (Lipinski definition) is 1. The Morgan fingerprint density at radius 1 is 1.60 bits per heavy atom. The maximum absolute atomic E-state index is 9.67. The van der Waals surface area contributed by atoms with E-state index in [1.54, 1.807) is 0 Å². The lowest BCUT2D eigenvalue weighted by Gasteiger charge is -2.35. The van der Waals surface area contributed by atoms with E-state index in [0.717, 1.165) is 31.7 Å². The summed E-state index contributed by atoms with van der Waals surface area (Å²) in [5.74, 6) is 1.13. The van der Waals surface area contributed by atoms with E-state index in [4.69, 9.17) is 0 Å². The Labute approximate surface area is 96.2 Å². The Hall–Kier alpha value is -0.0600. The highest BCUT2D eigenvalue weighted by Gasteiger charge is 2.35. The molecule has 0 radical (unpaired) electrons. The first-order valence-electron chi connectivity index (χ1n) is 5.77. The number of rotatable bonds is 2. The van der Waals surface area contributed by atoms with Gasteiger partial charge in [0, 0.05) is 6.54 Å². The quantitative estimate of drug-likeness (QED) is 0.703. The van der Waals surface area contributed by atoms with Gasteiger partial charge in [0.15, 0.2) is 6.21 Å². The largest absolute Gasteiger partial charge is 0.392 e. The molecule has 0 saturated carbocycles. The van der Waals surface area contributed by atoms with Gasteiger partial charge >= 0.3 is 0 Å². The van der Waals surface area contributed by atoms with Crippen LogP contribution in [0.5, 0.6) is 0 Å². The van der Waals surface area contributed by atoms with Crippen molar-refractivity contribution < 1.29 is 9.68 Å². The fraction of sp³-hybridized carbons (Fsp3) is 0.909. The number of piperidine rings is 1. The zero-order chi connectivity index (χ0) is 10.8. The van der Waals surface area contributed by atoms with Gasteiger partial charge in [0.1, 0.15) is 7.05 Å². The summed E-state index contributed by atoms with van der Waals surface area (Å²) in [7, 11) is 2.15. The lowest BCUT2D eigenvalue weighted by atomic mass is 10.1. The van der Waals surface area contributed by atoms with E-state index in [9.17, 15) is 5.11 Å². The highest BCUT2D eigenvalue weighted by molar-refractivity contribution is 8.00. The second-order valence-electron chi connectivity index (χ2n) is 4.60. The van der Waals surface area contributed by atoms with Crippen LogP contribution >= 0.6 is 11.8 Å². The second kappa shape index (κ2) is 4.85. The number of thioether (sulfide) groups is 1. The summed E-state index contributed by atoms with van der Waals surface area (Å²) in [5.41, 5.74) is 0. The number of aliphatic hydroxyl groups is 1. The lowest BCUT2D eigenvalue weighted by molar-refractivity contribution is -0.511. The van der Waals surface area contributed by atoms with Crippen molar-refractivity contribution in [1.82, 2.24) is 4.90 Å². The standard InChI is InChI=1S/C11H21N2OS/c1-9(11-12(2)6-7-15-11)13-5-3-4-10(14)8-13/h6,9-11,14H,3-5,7-8H2,1-2H3/q+1/t9-,10-,11+/m0/s1. The topological polar surface area (TPSA) is 26.5 Å². The zero-order valence-corrected chi connectivity index (χ0v) is 10.4. The molecule has 0 bridgehead atoms. The molecule has 3 atom stereocenters. The van der Waals surface area contributed by atoms with E-state index in [1.165, 1.54) is 0 Å². The number of hydrogen-bond acceptors (Lipinski definition) is 3. The van der Waals surface area contributed by atoms with E-state index >= 15 is 0 Å². The van der Waals surface area contributed by atoms with Crippen molar-refractivity contribution in [3.63, 3.8) is 0 Å². The van der Waals surface area contributed by atoms with Gasteiger partial charge < -0.3 is 5.11 Å². The molecule has 86 valence electrons. The van der Waals surface area contributed by atoms with Crippen LogP contribution in [0.2, 0.25) is 0 Å². The molecule has 0 amide bonds. The molecular weight excluding hydrogens is 208 g/mol. The second-order valence-corrected chi connectivity index (χ2v) is 5.75. The summed E-state index contributed by atoms with van der Waals surface area (Å²) in [5, 5.41) is 10.2. The highest BCUT2D eigenvalue weighted by atomic mass is 32.2. The van der Waals surface area contributed by atoms with Crippen LogP contribution in [0, 0.1) is 0 Å². The summed E-state index contributed by atoms with van der Waals surface area (Å²) >= 11 is 2.00. The van der Waals surface area contributed by atoms with Gasteiger partial charge in [-0.2, -0.15) is 0 Å². The fourth-order valence-corrected chi connectivity index (χ4v) is 3.78. The first-order chi connectivity index (χ1) is 7.18. The van der Waals surface area contributed by atoms with Gasteiger partial charge in [-0.25, -0.2) is 4.58 Å². The van der Waals surface area contributed by atoms with Crippen LogP contribution in [0.1, 0.15) is 19.8 Å².